The van der Waals surface area contributed by atoms with Crippen LogP contribution in [0, 0.1) is 0 Å². The van der Waals surface area contributed by atoms with E-state index in [0.29, 0.717) is 5.92 Å². The number of aromatic nitrogens is 3. The SMILES string of the molecule is CC(C)Oc1cncc(-c2cc(Br)nc(C3CC3)n2)c1. The fraction of sp³-hybridized carbons (Fsp3) is 0.400. The largest absolute Gasteiger partial charge is 0.489 e. The molecule has 3 rings (SSSR count). The third kappa shape index (κ3) is 3.15. The summed E-state index contributed by atoms with van der Waals surface area (Å²) >= 11 is 3.46. The van der Waals surface area contributed by atoms with Gasteiger partial charge in [-0.2, -0.15) is 0 Å². The van der Waals surface area contributed by atoms with Gasteiger partial charge in [0, 0.05) is 17.7 Å². The van der Waals surface area contributed by atoms with Crippen LogP contribution in [-0.4, -0.2) is 21.1 Å². The molecule has 0 N–H and O–H groups in total. The van der Waals surface area contributed by atoms with Crippen molar-refractivity contribution in [1.82, 2.24) is 15.0 Å². The Labute approximate surface area is 126 Å². The number of hydrogen-bond acceptors (Lipinski definition) is 4. The van der Waals surface area contributed by atoms with Crippen molar-refractivity contribution in [3.63, 3.8) is 0 Å². The van der Waals surface area contributed by atoms with Crippen LogP contribution in [0.5, 0.6) is 5.75 Å². The number of nitrogens with zero attached hydrogens (tertiary/aromatic N) is 3. The van der Waals surface area contributed by atoms with Crippen LogP contribution in [0.3, 0.4) is 0 Å². The molecule has 2 heterocycles. The van der Waals surface area contributed by atoms with Crippen molar-refractivity contribution in [2.75, 3.05) is 0 Å². The molecule has 0 aromatic carbocycles. The molecular formula is C15H16BrN3O. The third-order valence-corrected chi connectivity index (χ3v) is 3.44. The average molecular weight is 334 g/mol. The molecule has 0 saturated heterocycles. The first-order chi connectivity index (χ1) is 9.61. The van der Waals surface area contributed by atoms with Crippen LogP contribution in [0.25, 0.3) is 11.3 Å². The Morgan fingerprint density at radius 3 is 2.70 bits per heavy atom. The molecule has 2 aromatic heterocycles. The van der Waals surface area contributed by atoms with Gasteiger partial charge in [-0.15, -0.1) is 0 Å². The van der Waals surface area contributed by atoms with E-state index in [1.807, 2.05) is 26.0 Å². The molecule has 4 nitrogen and oxygen atoms in total. The molecule has 104 valence electrons. The Morgan fingerprint density at radius 1 is 1.20 bits per heavy atom. The lowest BCUT2D eigenvalue weighted by molar-refractivity contribution is 0.241. The van der Waals surface area contributed by atoms with Crippen LogP contribution in [0.2, 0.25) is 0 Å². The van der Waals surface area contributed by atoms with Crippen LogP contribution in [0.4, 0.5) is 0 Å². The molecule has 1 saturated carbocycles. The van der Waals surface area contributed by atoms with E-state index in [-0.39, 0.29) is 6.10 Å². The van der Waals surface area contributed by atoms with Gasteiger partial charge in [0.15, 0.2) is 0 Å². The topological polar surface area (TPSA) is 47.9 Å². The zero-order chi connectivity index (χ0) is 14.1. The Balaban J connectivity index is 1.95. The zero-order valence-electron chi connectivity index (χ0n) is 11.5. The lowest BCUT2D eigenvalue weighted by Gasteiger charge is -2.10. The van der Waals surface area contributed by atoms with E-state index < -0.39 is 0 Å². The normalized spacial score (nSPS) is 14.6. The second kappa shape index (κ2) is 5.48. The predicted octanol–water partition coefficient (Wildman–Crippen LogP) is 3.97. The van der Waals surface area contributed by atoms with E-state index in [1.54, 1.807) is 12.4 Å². The van der Waals surface area contributed by atoms with E-state index in [4.69, 9.17) is 4.74 Å². The van der Waals surface area contributed by atoms with Gasteiger partial charge in [-0.25, -0.2) is 9.97 Å². The minimum absolute atomic E-state index is 0.131. The van der Waals surface area contributed by atoms with Crippen LogP contribution >= 0.6 is 15.9 Å². The highest BCUT2D eigenvalue weighted by Crippen LogP contribution is 2.39. The van der Waals surface area contributed by atoms with E-state index >= 15 is 0 Å². The van der Waals surface area contributed by atoms with E-state index in [1.165, 1.54) is 12.8 Å². The molecule has 0 aliphatic heterocycles. The lowest BCUT2D eigenvalue weighted by atomic mass is 10.2. The summed E-state index contributed by atoms with van der Waals surface area (Å²) in [6, 6.07) is 3.89. The summed E-state index contributed by atoms with van der Waals surface area (Å²) in [5, 5.41) is 0. The lowest BCUT2D eigenvalue weighted by Crippen LogP contribution is -2.05. The maximum Gasteiger partial charge on any atom is 0.138 e. The number of pyridine rings is 1. The van der Waals surface area contributed by atoms with E-state index in [9.17, 15) is 0 Å². The molecule has 5 heteroatoms. The fourth-order valence-corrected chi connectivity index (χ4v) is 2.40. The van der Waals surface area contributed by atoms with Crippen molar-refractivity contribution in [1.29, 1.82) is 0 Å². The van der Waals surface area contributed by atoms with E-state index in [0.717, 1.165) is 27.4 Å². The summed E-state index contributed by atoms with van der Waals surface area (Å²) in [5.41, 5.74) is 1.84. The molecule has 0 unspecified atom stereocenters. The van der Waals surface area contributed by atoms with Gasteiger partial charge < -0.3 is 4.74 Å². The van der Waals surface area contributed by atoms with Crippen LogP contribution in [-0.2, 0) is 0 Å². The molecule has 0 amide bonds. The fourth-order valence-electron chi connectivity index (χ4n) is 2.00. The smallest absolute Gasteiger partial charge is 0.138 e. The van der Waals surface area contributed by atoms with Crippen molar-refractivity contribution in [3.05, 3.63) is 35.0 Å². The molecule has 1 aliphatic carbocycles. The van der Waals surface area contributed by atoms with Crippen LogP contribution < -0.4 is 4.74 Å². The van der Waals surface area contributed by atoms with Crippen molar-refractivity contribution in [2.24, 2.45) is 0 Å². The Hall–Kier alpha value is -1.49. The second-order valence-electron chi connectivity index (χ2n) is 5.28. The van der Waals surface area contributed by atoms with Crippen molar-refractivity contribution in [2.45, 2.75) is 38.7 Å². The number of ether oxygens (including phenoxy) is 1. The van der Waals surface area contributed by atoms with Gasteiger partial charge in [0.2, 0.25) is 0 Å². The first-order valence-corrected chi connectivity index (χ1v) is 7.57. The second-order valence-corrected chi connectivity index (χ2v) is 6.10. The molecule has 2 aromatic rings. The maximum atomic E-state index is 5.68. The van der Waals surface area contributed by atoms with Crippen molar-refractivity contribution >= 4 is 15.9 Å². The van der Waals surface area contributed by atoms with Crippen molar-refractivity contribution in [3.8, 4) is 17.0 Å². The summed E-state index contributed by atoms with van der Waals surface area (Å²) < 4.78 is 6.50. The summed E-state index contributed by atoms with van der Waals surface area (Å²) in [7, 11) is 0. The van der Waals surface area contributed by atoms with Gasteiger partial charge in [0.05, 0.1) is 18.0 Å². The number of halogens is 1. The predicted molar refractivity (Wildman–Crippen MR) is 80.7 cm³/mol. The summed E-state index contributed by atoms with van der Waals surface area (Å²) in [5.74, 6) is 2.21. The molecule has 1 fully saturated rings. The first-order valence-electron chi connectivity index (χ1n) is 6.78. The molecule has 1 aliphatic rings. The zero-order valence-corrected chi connectivity index (χ0v) is 13.1. The average Bonchev–Trinajstić information content (AvgIpc) is 3.22. The molecule has 20 heavy (non-hydrogen) atoms. The Kier molecular flexibility index (Phi) is 3.70. The van der Waals surface area contributed by atoms with Gasteiger partial charge in [-0.1, -0.05) is 0 Å². The summed E-state index contributed by atoms with van der Waals surface area (Å²) in [6.45, 7) is 4.00. The summed E-state index contributed by atoms with van der Waals surface area (Å²) in [6.07, 6.45) is 6.03. The minimum atomic E-state index is 0.131. The summed E-state index contributed by atoms with van der Waals surface area (Å²) in [4.78, 5) is 13.3. The Bertz CT molecular complexity index is 626. The molecule has 0 spiro atoms. The third-order valence-electron chi connectivity index (χ3n) is 3.04. The standard InChI is InChI=1S/C15H16BrN3O/c1-9(2)20-12-5-11(7-17-8-12)13-6-14(16)19-15(18-13)10-3-4-10/h5-10H,3-4H2,1-2H3. The van der Waals surface area contributed by atoms with Gasteiger partial charge in [0.1, 0.15) is 16.2 Å². The quantitative estimate of drug-likeness (QED) is 0.794. The highest BCUT2D eigenvalue weighted by Gasteiger charge is 2.27. The molecule has 0 bridgehead atoms. The minimum Gasteiger partial charge on any atom is -0.489 e. The van der Waals surface area contributed by atoms with Gasteiger partial charge in [0.25, 0.3) is 0 Å². The number of hydrogen-bond donors (Lipinski definition) is 0. The highest BCUT2D eigenvalue weighted by atomic mass is 79.9. The monoisotopic (exact) mass is 333 g/mol. The van der Waals surface area contributed by atoms with Crippen molar-refractivity contribution < 1.29 is 4.74 Å². The molecule has 0 atom stereocenters. The Morgan fingerprint density at radius 2 is 2.00 bits per heavy atom. The highest BCUT2D eigenvalue weighted by molar-refractivity contribution is 9.10. The van der Waals surface area contributed by atoms with Crippen LogP contribution in [0.1, 0.15) is 38.4 Å². The molecule has 0 radical (unpaired) electrons. The number of rotatable bonds is 4. The van der Waals surface area contributed by atoms with Gasteiger partial charge in [-0.3, -0.25) is 4.98 Å². The van der Waals surface area contributed by atoms with Crippen LogP contribution in [0.15, 0.2) is 29.1 Å². The molecular weight excluding hydrogens is 318 g/mol. The maximum absolute atomic E-state index is 5.68. The first kappa shape index (κ1) is 13.5. The van der Waals surface area contributed by atoms with E-state index in [2.05, 4.69) is 30.9 Å². The van der Waals surface area contributed by atoms with Gasteiger partial charge >= 0.3 is 0 Å². The van der Waals surface area contributed by atoms with Gasteiger partial charge in [-0.05, 0) is 54.8 Å².